The molecule has 0 bridgehead atoms. The number of hydrogen-bond donors (Lipinski definition) is 2. The lowest BCUT2D eigenvalue weighted by molar-refractivity contribution is 0.329. The highest BCUT2D eigenvalue weighted by Crippen LogP contribution is 2.25. The third-order valence-electron chi connectivity index (χ3n) is 3.44. The van der Waals surface area contributed by atoms with Crippen molar-refractivity contribution in [2.75, 3.05) is 13.1 Å². The summed E-state index contributed by atoms with van der Waals surface area (Å²) in [5, 5.41) is 10.9. The SMILES string of the molecule is C1CCC(c2noc(C3CCCN3)n2)NC1. The summed E-state index contributed by atoms with van der Waals surface area (Å²) in [7, 11) is 0. The van der Waals surface area contributed by atoms with Crippen molar-refractivity contribution in [3.8, 4) is 0 Å². The third-order valence-corrected chi connectivity index (χ3v) is 3.44. The second kappa shape index (κ2) is 4.51. The Morgan fingerprint density at radius 1 is 1.00 bits per heavy atom. The molecule has 88 valence electrons. The van der Waals surface area contributed by atoms with Crippen LogP contribution < -0.4 is 10.6 Å². The first-order chi connectivity index (χ1) is 7.93. The van der Waals surface area contributed by atoms with Crippen molar-refractivity contribution in [2.45, 2.75) is 44.2 Å². The molecule has 2 unspecified atom stereocenters. The first kappa shape index (κ1) is 10.2. The Balaban J connectivity index is 1.71. The number of nitrogens with one attached hydrogen (secondary N) is 2. The van der Waals surface area contributed by atoms with Gasteiger partial charge in [0.05, 0.1) is 12.1 Å². The van der Waals surface area contributed by atoms with Gasteiger partial charge in [-0.05, 0) is 38.8 Å². The molecule has 0 spiro atoms. The predicted octanol–water partition coefficient (Wildman–Crippen LogP) is 1.31. The Morgan fingerprint density at radius 2 is 1.81 bits per heavy atom. The number of rotatable bonds is 2. The molecule has 0 aromatic carbocycles. The smallest absolute Gasteiger partial charge is 0.243 e. The maximum absolute atomic E-state index is 5.34. The summed E-state index contributed by atoms with van der Waals surface area (Å²) in [5.41, 5.74) is 0. The largest absolute Gasteiger partial charge is 0.338 e. The van der Waals surface area contributed by atoms with E-state index in [1.54, 1.807) is 0 Å². The summed E-state index contributed by atoms with van der Waals surface area (Å²) in [5.74, 6) is 1.60. The summed E-state index contributed by atoms with van der Waals surface area (Å²) < 4.78 is 5.34. The fourth-order valence-electron chi connectivity index (χ4n) is 2.50. The molecule has 5 heteroatoms. The van der Waals surface area contributed by atoms with Crippen molar-refractivity contribution in [2.24, 2.45) is 0 Å². The Kier molecular flexibility index (Phi) is 2.88. The van der Waals surface area contributed by atoms with Crippen molar-refractivity contribution in [1.29, 1.82) is 0 Å². The molecule has 3 heterocycles. The summed E-state index contributed by atoms with van der Waals surface area (Å²) in [6.45, 7) is 2.13. The van der Waals surface area contributed by atoms with Gasteiger partial charge in [0.1, 0.15) is 0 Å². The van der Waals surface area contributed by atoms with Gasteiger partial charge in [-0.1, -0.05) is 11.6 Å². The normalized spacial score (nSPS) is 30.8. The lowest BCUT2D eigenvalue weighted by atomic mass is 10.0. The zero-order chi connectivity index (χ0) is 10.8. The molecule has 0 aliphatic carbocycles. The van der Waals surface area contributed by atoms with E-state index in [1.807, 2.05) is 0 Å². The van der Waals surface area contributed by atoms with E-state index in [2.05, 4.69) is 20.8 Å². The first-order valence-electron chi connectivity index (χ1n) is 6.24. The first-order valence-corrected chi connectivity index (χ1v) is 6.24. The van der Waals surface area contributed by atoms with Crippen LogP contribution >= 0.6 is 0 Å². The second-order valence-electron chi connectivity index (χ2n) is 4.64. The number of piperidine rings is 1. The maximum Gasteiger partial charge on any atom is 0.243 e. The molecule has 0 radical (unpaired) electrons. The fourth-order valence-corrected chi connectivity index (χ4v) is 2.50. The van der Waals surface area contributed by atoms with E-state index in [0.717, 1.165) is 37.6 Å². The van der Waals surface area contributed by atoms with Crippen LogP contribution in [0.4, 0.5) is 0 Å². The second-order valence-corrected chi connectivity index (χ2v) is 4.64. The van der Waals surface area contributed by atoms with Gasteiger partial charge in [0.25, 0.3) is 0 Å². The molecule has 2 aliphatic rings. The minimum Gasteiger partial charge on any atom is -0.338 e. The number of aromatic nitrogens is 2. The van der Waals surface area contributed by atoms with E-state index in [9.17, 15) is 0 Å². The Hall–Kier alpha value is -0.940. The standard InChI is InChI=1S/C11H18N4O/c1-2-6-12-8(4-1)10-14-11(16-15-10)9-5-3-7-13-9/h8-9,12-13H,1-7H2. The van der Waals surface area contributed by atoms with Crippen LogP contribution in [0.5, 0.6) is 0 Å². The van der Waals surface area contributed by atoms with Crippen molar-refractivity contribution >= 4 is 0 Å². The van der Waals surface area contributed by atoms with Gasteiger partial charge >= 0.3 is 0 Å². The van der Waals surface area contributed by atoms with Crippen molar-refractivity contribution < 1.29 is 4.52 Å². The van der Waals surface area contributed by atoms with E-state index in [4.69, 9.17) is 4.52 Å². The average molecular weight is 222 g/mol. The van der Waals surface area contributed by atoms with E-state index < -0.39 is 0 Å². The summed E-state index contributed by atoms with van der Waals surface area (Å²) in [6.07, 6.45) is 5.94. The van der Waals surface area contributed by atoms with Crippen LogP contribution in [-0.4, -0.2) is 23.2 Å². The quantitative estimate of drug-likeness (QED) is 0.790. The van der Waals surface area contributed by atoms with E-state index in [1.165, 1.54) is 19.3 Å². The summed E-state index contributed by atoms with van der Waals surface area (Å²) in [4.78, 5) is 4.51. The van der Waals surface area contributed by atoms with Crippen molar-refractivity contribution in [1.82, 2.24) is 20.8 Å². The molecule has 2 N–H and O–H groups in total. The topological polar surface area (TPSA) is 63.0 Å². The van der Waals surface area contributed by atoms with Gasteiger partial charge < -0.3 is 15.2 Å². The highest BCUT2D eigenvalue weighted by molar-refractivity contribution is 5.00. The molecule has 1 aromatic rings. The lowest BCUT2D eigenvalue weighted by Crippen LogP contribution is -2.27. The molecule has 2 aliphatic heterocycles. The van der Waals surface area contributed by atoms with Crippen molar-refractivity contribution in [3.63, 3.8) is 0 Å². The summed E-state index contributed by atoms with van der Waals surface area (Å²) in [6, 6.07) is 0.581. The predicted molar refractivity (Wildman–Crippen MR) is 58.9 cm³/mol. The zero-order valence-corrected chi connectivity index (χ0v) is 9.41. The zero-order valence-electron chi connectivity index (χ0n) is 9.41. The Bertz CT molecular complexity index is 340. The number of nitrogens with zero attached hydrogens (tertiary/aromatic N) is 2. The van der Waals surface area contributed by atoms with E-state index in [0.29, 0.717) is 6.04 Å². The molecule has 0 amide bonds. The molecule has 16 heavy (non-hydrogen) atoms. The van der Waals surface area contributed by atoms with Gasteiger partial charge in [-0.2, -0.15) is 4.98 Å². The Morgan fingerprint density at radius 3 is 2.56 bits per heavy atom. The number of hydrogen-bond acceptors (Lipinski definition) is 5. The molecule has 2 saturated heterocycles. The molecule has 2 fully saturated rings. The molecular formula is C11H18N4O. The average Bonchev–Trinajstić information content (AvgIpc) is 3.01. The van der Waals surface area contributed by atoms with Gasteiger partial charge in [-0.15, -0.1) is 0 Å². The molecule has 2 atom stereocenters. The minimum atomic E-state index is 0.282. The van der Waals surface area contributed by atoms with Gasteiger partial charge in [-0.3, -0.25) is 0 Å². The van der Waals surface area contributed by atoms with Gasteiger partial charge in [0.15, 0.2) is 5.82 Å². The molecule has 3 rings (SSSR count). The third kappa shape index (κ3) is 1.97. The van der Waals surface area contributed by atoms with Crippen LogP contribution in [0.15, 0.2) is 4.52 Å². The van der Waals surface area contributed by atoms with Crippen molar-refractivity contribution in [3.05, 3.63) is 11.7 Å². The fraction of sp³-hybridized carbons (Fsp3) is 0.818. The molecule has 1 aromatic heterocycles. The van der Waals surface area contributed by atoms with E-state index in [-0.39, 0.29) is 6.04 Å². The van der Waals surface area contributed by atoms with Crippen LogP contribution in [0.25, 0.3) is 0 Å². The Labute approximate surface area is 95.0 Å². The minimum absolute atomic E-state index is 0.282. The van der Waals surface area contributed by atoms with E-state index >= 15 is 0 Å². The highest BCUT2D eigenvalue weighted by Gasteiger charge is 2.25. The lowest BCUT2D eigenvalue weighted by Gasteiger charge is -2.19. The molecule has 5 nitrogen and oxygen atoms in total. The van der Waals surface area contributed by atoms with Crippen LogP contribution in [0.3, 0.4) is 0 Å². The maximum atomic E-state index is 5.34. The van der Waals surface area contributed by atoms with Gasteiger partial charge in [0.2, 0.25) is 5.89 Å². The van der Waals surface area contributed by atoms with Gasteiger partial charge in [-0.25, -0.2) is 0 Å². The van der Waals surface area contributed by atoms with Crippen LogP contribution in [0, 0.1) is 0 Å². The highest BCUT2D eigenvalue weighted by atomic mass is 16.5. The molecular weight excluding hydrogens is 204 g/mol. The monoisotopic (exact) mass is 222 g/mol. The van der Waals surface area contributed by atoms with Crippen LogP contribution in [0.2, 0.25) is 0 Å². The van der Waals surface area contributed by atoms with Crippen LogP contribution in [0.1, 0.15) is 55.9 Å². The van der Waals surface area contributed by atoms with Gasteiger partial charge in [0, 0.05) is 0 Å². The van der Waals surface area contributed by atoms with Crippen LogP contribution in [-0.2, 0) is 0 Å². The summed E-state index contributed by atoms with van der Waals surface area (Å²) >= 11 is 0. The molecule has 0 saturated carbocycles.